The van der Waals surface area contributed by atoms with E-state index in [1.165, 1.54) is 0 Å². The molecule has 260 valence electrons. The second-order valence-electron chi connectivity index (χ2n) is 12.8. The van der Waals surface area contributed by atoms with Crippen molar-refractivity contribution in [1.82, 2.24) is 10.6 Å². The van der Waals surface area contributed by atoms with Crippen LogP contribution in [-0.4, -0.2) is 90.8 Å². The quantitative estimate of drug-likeness (QED) is 0.0974. The Morgan fingerprint density at radius 1 is 0.622 bits per heavy atom. The molecule has 0 fully saturated rings. The Bertz CT molecular complexity index is 923. The summed E-state index contributed by atoms with van der Waals surface area (Å²) >= 11 is 0. The molecule has 0 aliphatic rings. The molecule has 0 heterocycles. The second kappa shape index (κ2) is 23.3. The first kappa shape index (κ1) is 41.9. The summed E-state index contributed by atoms with van der Waals surface area (Å²) in [5.74, 6) is -2.70. The maximum Gasteiger partial charge on any atom is 0.329 e. The lowest BCUT2D eigenvalue weighted by molar-refractivity contribution is -0.159. The van der Waals surface area contributed by atoms with Gasteiger partial charge in [-0.15, -0.1) is 0 Å². The molecule has 0 unspecified atom stereocenters. The van der Waals surface area contributed by atoms with Gasteiger partial charge in [0.25, 0.3) is 0 Å². The minimum absolute atomic E-state index is 0.00522. The van der Waals surface area contributed by atoms with Crippen LogP contribution in [0.5, 0.6) is 0 Å². The van der Waals surface area contributed by atoms with Crippen molar-refractivity contribution in [3.63, 3.8) is 0 Å². The third-order valence-corrected chi connectivity index (χ3v) is 5.94. The van der Waals surface area contributed by atoms with E-state index in [9.17, 15) is 28.8 Å². The van der Waals surface area contributed by atoms with Crippen LogP contribution in [-0.2, 0) is 47.7 Å². The highest BCUT2D eigenvalue weighted by Crippen LogP contribution is 2.13. The van der Waals surface area contributed by atoms with E-state index in [0.29, 0.717) is 52.2 Å². The van der Waals surface area contributed by atoms with E-state index in [1.54, 1.807) is 20.8 Å². The largest absolute Gasteiger partial charge is 0.481 e. The van der Waals surface area contributed by atoms with Gasteiger partial charge in [0.15, 0.2) is 0 Å². The number of amides is 2. The molecule has 0 aliphatic carbocycles. The first-order valence-corrected chi connectivity index (χ1v) is 15.9. The summed E-state index contributed by atoms with van der Waals surface area (Å²) < 4.78 is 21.4. The fraction of sp³-hybridized carbons (Fsp3) is 0.812. The molecule has 0 aromatic rings. The first-order valence-electron chi connectivity index (χ1n) is 15.9. The molecule has 13 nitrogen and oxygen atoms in total. The monoisotopic (exact) mass is 644 g/mol. The fourth-order valence-electron chi connectivity index (χ4n) is 3.88. The minimum Gasteiger partial charge on any atom is -0.481 e. The maximum absolute atomic E-state index is 12.3. The van der Waals surface area contributed by atoms with Crippen LogP contribution in [0.15, 0.2) is 0 Å². The lowest BCUT2D eigenvalue weighted by atomic mass is 10.1. The molecule has 0 spiro atoms. The third kappa shape index (κ3) is 28.2. The van der Waals surface area contributed by atoms with E-state index in [2.05, 4.69) is 10.6 Å². The van der Waals surface area contributed by atoms with Crippen LogP contribution in [0.2, 0.25) is 0 Å². The van der Waals surface area contributed by atoms with Crippen molar-refractivity contribution in [3.8, 4) is 0 Å². The van der Waals surface area contributed by atoms with Crippen molar-refractivity contribution in [1.29, 1.82) is 0 Å². The van der Waals surface area contributed by atoms with Gasteiger partial charge in [-0.05, 0) is 67.2 Å². The molecule has 0 aromatic heterocycles. The summed E-state index contributed by atoms with van der Waals surface area (Å²) in [4.78, 5) is 71.2. The van der Waals surface area contributed by atoms with Crippen LogP contribution in [0.25, 0.3) is 0 Å². The Balaban J connectivity index is 3.81. The molecule has 0 saturated carbocycles. The average Bonchev–Trinajstić information content (AvgIpc) is 2.90. The van der Waals surface area contributed by atoms with Gasteiger partial charge in [0.05, 0.1) is 19.8 Å². The smallest absolute Gasteiger partial charge is 0.329 e. The zero-order valence-corrected chi connectivity index (χ0v) is 28.1. The fourth-order valence-corrected chi connectivity index (χ4v) is 3.88. The molecule has 1 atom stereocenters. The summed E-state index contributed by atoms with van der Waals surface area (Å²) in [6.45, 7) is 12.3. The zero-order valence-electron chi connectivity index (χ0n) is 28.1. The molecular weight excluding hydrogens is 588 g/mol. The van der Waals surface area contributed by atoms with E-state index in [-0.39, 0.29) is 49.8 Å². The summed E-state index contributed by atoms with van der Waals surface area (Å²) in [7, 11) is 0. The maximum atomic E-state index is 12.3. The molecule has 45 heavy (non-hydrogen) atoms. The van der Waals surface area contributed by atoms with Crippen molar-refractivity contribution in [2.75, 3.05) is 33.0 Å². The predicted molar refractivity (Wildman–Crippen MR) is 166 cm³/mol. The lowest BCUT2D eigenvalue weighted by Gasteiger charge is -2.24. The zero-order chi connectivity index (χ0) is 34.3. The summed E-state index contributed by atoms with van der Waals surface area (Å²) in [6.07, 6.45) is 4.24. The Morgan fingerprint density at radius 3 is 1.82 bits per heavy atom. The molecule has 0 saturated heterocycles. The van der Waals surface area contributed by atoms with Crippen LogP contribution in [0.3, 0.4) is 0 Å². The van der Waals surface area contributed by atoms with Gasteiger partial charge in [0, 0.05) is 51.7 Å². The molecule has 2 amide bonds. The Kier molecular flexibility index (Phi) is 21.7. The summed E-state index contributed by atoms with van der Waals surface area (Å²) in [6, 6.07) is -1.10. The molecule has 13 heteroatoms. The Morgan fingerprint density at radius 2 is 1.22 bits per heavy atom. The molecule has 0 aliphatic heterocycles. The van der Waals surface area contributed by atoms with Gasteiger partial charge in [0.2, 0.25) is 11.8 Å². The second-order valence-corrected chi connectivity index (χ2v) is 12.8. The number of hydrogen-bond acceptors (Lipinski definition) is 10. The van der Waals surface area contributed by atoms with Crippen LogP contribution >= 0.6 is 0 Å². The lowest BCUT2D eigenvalue weighted by Crippen LogP contribution is -2.44. The number of esters is 2. The van der Waals surface area contributed by atoms with Crippen LogP contribution in [0.4, 0.5) is 0 Å². The van der Waals surface area contributed by atoms with E-state index < -0.39 is 35.1 Å². The van der Waals surface area contributed by atoms with Gasteiger partial charge < -0.3 is 34.7 Å². The number of hydrogen-bond donors (Lipinski definition) is 3. The molecule has 0 rings (SSSR count). The van der Waals surface area contributed by atoms with Gasteiger partial charge in [-0.25, -0.2) is 4.79 Å². The normalized spacial score (nSPS) is 12.2. The topological polar surface area (TPSA) is 184 Å². The van der Waals surface area contributed by atoms with Crippen molar-refractivity contribution in [3.05, 3.63) is 0 Å². The number of carboxylic acids is 1. The third-order valence-electron chi connectivity index (χ3n) is 5.94. The van der Waals surface area contributed by atoms with Gasteiger partial charge in [0.1, 0.15) is 23.0 Å². The number of ether oxygens (including phenoxy) is 4. The van der Waals surface area contributed by atoms with Crippen molar-refractivity contribution >= 4 is 35.5 Å². The number of Topliss-reactive ketones (excluding diaryl/α,β-unsaturated/α-hetero) is 1. The molecule has 0 aromatic carbocycles. The number of aliphatic carboxylic acids is 1. The van der Waals surface area contributed by atoms with Gasteiger partial charge in [-0.3, -0.25) is 24.0 Å². The highest BCUT2D eigenvalue weighted by Gasteiger charge is 2.27. The first-order chi connectivity index (χ1) is 21.0. The van der Waals surface area contributed by atoms with E-state index in [1.807, 2.05) is 20.8 Å². The number of unbranched alkanes of at least 4 members (excludes halogenated alkanes) is 3. The average molecular weight is 645 g/mol. The van der Waals surface area contributed by atoms with Crippen molar-refractivity contribution in [2.24, 2.45) is 0 Å². The number of carbonyl (C=O) groups is 6. The van der Waals surface area contributed by atoms with Gasteiger partial charge in [-0.2, -0.15) is 0 Å². The van der Waals surface area contributed by atoms with E-state index >= 15 is 0 Å². The molecule has 0 bridgehead atoms. The number of carbonyl (C=O) groups excluding carboxylic acids is 5. The minimum atomic E-state index is -1.10. The number of carboxylic acid groups (broad SMARTS) is 1. The summed E-state index contributed by atoms with van der Waals surface area (Å²) in [5.41, 5.74) is -1.26. The van der Waals surface area contributed by atoms with E-state index in [0.717, 1.165) is 25.7 Å². The number of ketones is 1. The number of nitrogens with one attached hydrogen (secondary N) is 2. The van der Waals surface area contributed by atoms with Crippen molar-refractivity contribution in [2.45, 2.75) is 136 Å². The molecule has 3 N–H and O–H groups in total. The predicted octanol–water partition coefficient (Wildman–Crippen LogP) is 3.64. The number of rotatable bonds is 25. The van der Waals surface area contributed by atoms with Crippen molar-refractivity contribution < 1.29 is 52.8 Å². The summed E-state index contributed by atoms with van der Waals surface area (Å²) in [5, 5.41) is 14.2. The molecule has 0 radical (unpaired) electrons. The van der Waals surface area contributed by atoms with Gasteiger partial charge >= 0.3 is 17.9 Å². The van der Waals surface area contributed by atoms with Crippen LogP contribution < -0.4 is 10.6 Å². The highest BCUT2D eigenvalue weighted by molar-refractivity contribution is 5.88. The van der Waals surface area contributed by atoms with Crippen LogP contribution in [0.1, 0.15) is 119 Å². The highest BCUT2D eigenvalue weighted by atomic mass is 16.6. The Labute approximate surface area is 267 Å². The standard InChI is InChI=1S/C32H56N2O11/c1-31(2,3)44-29(40)14-10-8-7-9-13-26(36)33-19-21-43-23-22-42-20-11-12-24(35)15-17-27(37)34-25(16-18-28(38)39)30(41)45-32(4,5)6/h25H,7-23H2,1-6H3,(H,33,36)(H,34,37)(H,38,39)/t25-/m0/s1. The molecular formula is C32H56N2O11. The Hall–Kier alpha value is -3.06. The van der Waals surface area contributed by atoms with Crippen LogP contribution in [0, 0.1) is 0 Å². The van der Waals surface area contributed by atoms with E-state index in [4.69, 9.17) is 24.1 Å². The van der Waals surface area contributed by atoms with Gasteiger partial charge in [-0.1, -0.05) is 12.8 Å². The SMILES string of the molecule is CC(C)(C)OC(=O)CCCCCCC(=O)NCCOCCOCCCC(=O)CCC(=O)N[C@@H](CCC(=O)O)C(=O)OC(C)(C)C.